The van der Waals surface area contributed by atoms with E-state index in [0.29, 0.717) is 6.54 Å². The zero-order valence-electron chi connectivity index (χ0n) is 9.89. The van der Waals surface area contributed by atoms with Gasteiger partial charge < -0.3 is 10.6 Å². The zero-order chi connectivity index (χ0) is 12.8. The van der Waals surface area contributed by atoms with E-state index in [9.17, 15) is 9.18 Å². The van der Waals surface area contributed by atoms with Crippen LogP contribution in [0.2, 0.25) is 5.02 Å². The number of rotatable bonds is 5. The molecule has 1 amide bonds. The summed E-state index contributed by atoms with van der Waals surface area (Å²) in [7, 11) is 0. The molecule has 0 heterocycles. The summed E-state index contributed by atoms with van der Waals surface area (Å²) in [6.45, 7) is 5.07. The fraction of sp³-hybridized carbons (Fsp3) is 0.417. The van der Waals surface area contributed by atoms with Gasteiger partial charge in [0.1, 0.15) is 5.82 Å². The maximum atomic E-state index is 13.4. The average Bonchev–Trinajstić information content (AvgIpc) is 2.30. The van der Waals surface area contributed by atoms with Crippen LogP contribution in [-0.2, 0) is 4.79 Å². The molecule has 0 bridgehead atoms. The number of amides is 1. The zero-order valence-corrected chi connectivity index (χ0v) is 10.6. The normalized spacial score (nSPS) is 12.2. The van der Waals surface area contributed by atoms with E-state index in [1.165, 1.54) is 18.2 Å². The van der Waals surface area contributed by atoms with E-state index >= 15 is 0 Å². The van der Waals surface area contributed by atoms with E-state index in [2.05, 4.69) is 10.6 Å². The van der Waals surface area contributed by atoms with Gasteiger partial charge in [0.15, 0.2) is 0 Å². The van der Waals surface area contributed by atoms with Crippen molar-refractivity contribution in [3.05, 3.63) is 29.0 Å². The highest BCUT2D eigenvalue weighted by Crippen LogP contribution is 2.24. The third-order valence-corrected chi connectivity index (χ3v) is 2.67. The fourth-order valence-corrected chi connectivity index (χ4v) is 1.53. The van der Waals surface area contributed by atoms with Gasteiger partial charge in [-0.25, -0.2) is 4.39 Å². The van der Waals surface area contributed by atoms with Gasteiger partial charge in [-0.1, -0.05) is 31.5 Å². The number of carbonyl (C=O) groups is 1. The predicted molar refractivity (Wildman–Crippen MR) is 67.7 cm³/mol. The molecule has 0 saturated heterocycles. The minimum Gasteiger partial charge on any atom is -0.322 e. The van der Waals surface area contributed by atoms with Gasteiger partial charge in [-0.15, -0.1) is 0 Å². The molecule has 1 aromatic rings. The molecule has 1 aromatic carbocycles. The number of carbonyl (C=O) groups excluding carboxylic acids is 1. The molecule has 0 saturated carbocycles. The molecular formula is C12H16ClFN2O. The van der Waals surface area contributed by atoms with Gasteiger partial charge in [0, 0.05) is 12.5 Å². The third kappa shape index (κ3) is 3.98. The first-order valence-electron chi connectivity index (χ1n) is 5.51. The molecule has 3 nitrogen and oxygen atoms in total. The van der Waals surface area contributed by atoms with E-state index < -0.39 is 5.82 Å². The number of halogens is 2. The van der Waals surface area contributed by atoms with Crippen LogP contribution in [-0.4, -0.2) is 19.0 Å². The predicted octanol–water partition coefficient (Wildman–Crippen LogP) is 2.66. The fourth-order valence-electron chi connectivity index (χ4n) is 1.32. The molecule has 5 heteroatoms. The molecule has 0 radical (unpaired) electrons. The van der Waals surface area contributed by atoms with Crippen molar-refractivity contribution in [3.63, 3.8) is 0 Å². The van der Waals surface area contributed by atoms with Gasteiger partial charge in [0.2, 0.25) is 5.91 Å². The van der Waals surface area contributed by atoms with Gasteiger partial charge >= 0.3 is 0 Å². The van der Waals surface area contributed by atoms with Crippen LogP contribution in [0.3, 0.4) is 0 Å². The molecule has 0 aliphatic heterocycles. The summed E-state index contributed by atoms with van der Waals surface area (Å²) in [5.74, 6) is -1.02. The monoisotopic (exact) mass is 258 g/mol. The van der Waals surface area contributed by atoms with Crippen molar-refractivity contribution in [2.45, 2.75) is 13.8 Å². The van der Waals surface area contributed by atoms with Crippen LogP contribution < -0.4 is 10.6 Å². The Labute approximate surface area is 105 Å². The van der Waals surface area contributed by atoms with Gasteiger partial charge in [0.05, 0.1) is 10.7 Å². The molecule has 1 unspecified atom stereocenters. The van der Waals surface area contributed by atoms with Crippen LogP contribution in [0.5, 0.6) is 0 Å². The van der Waals surface area contributed by atoms with E-state index in [0.717, 1.165) is 6.54 Å². The number of hydrogen-bond donors (Lipinski definition) is 2. The van der Waals surface area contributed by atoms with Gasteiger partial charge in [-0.3, -0.25) is 4.79 Å². The summed E-state index contributed by atoms with van der Waals surface area (Å²) in [5, 5.41) is 5.76. The maximum Gasteiger partial charge on any atom is 0.228 e. The molecule has 0 aliphatic carbocycles. The molecule has 0 fully saturated rings. The number of anilines is 1. The van der Waals surface area contributed by atoms with Crippen LogP contribution in [0.15, 0.2) is 18.2 Å². The Bertz CT molecular complexity index is 378. The lowest BCUT2D eigenvalue weighted by atomic mass is 10.1. The lowest BCUT2D eigenvalue weighted by Crippen LogP contribution is -2.30. The lowest BCUT2D eigenvalue weighted by Gasteiger charge is -2.13. The first-order chi connectivity index (χ1) is 8.06. The second-order valence-electron chi connectivity index (χ2n) is 3.79. The first-order valence-corrected chi connectivity index (χ1v) is 5.89. The molecule has 1 rings (SSSR count). The van der Waals surface area contributed by atoms with Crippen molar-refractivity contribution in [3.8, 4) is 0 Å². The number of benzene rings is 1. The maximum absolute atomic E-state index is 13.4. The number of para-hydroxylation sites is 1. The van der Waals surface area contributed by atoms with Crippen LogP contribution in [0.25, 0.3) is 0 Å². The molecule has 17 heavy (non-hydrogen) atoms. The quantitative estimate of drug-likeness (QED) is 0.853. The van der Waals surface area contributed by atoms with Crippen molar-refractivity contribution >= 4 is 23.2 Å². The van der Waals surface area contributed by atoms with E-state index in [1.807, 2.05) is 6.92 Å². The largest absolute Gasteiger partial charge is 0.322 e. The first kappa shape index (κ1) is 13.9. The Morgan fingerprint density at radius 2 is 2.24 bits per heavy atom. The Kier molecular flexibility index (Phi) is 5.38. The second kappa shape index (κ2) is 6.57. The minimum atomic E-state index is -0.526. The molecular weight excluding hydrogens is 243 g/mol. The van der Waals surface area contributed by atoms with Crippen LogP contribution >= 0.6 is 11.6 Å². The Hall–Kier alpha value is -1.13. The highest BCUT2D eigenvalue weighted by molar-refractivity contribution is 6.33. The SMILES string of the molecule is CCNCC(C)C(=O)Nc1c(F)cccc1Cl. The van der Waals surface area contributed by atoms with E-state index in [4.69, 9.17) is 11.6 Å². The highest BCUT2D eigenvalue weighted by Gasteiger charge is 2.15. The lowest BCUT2D eigenvalue weighted by molar-refractivity contribution is -0.119. The highest BCUT2D eigenvalue weighted by atomic mass is 35.5. The van der Waals surface area contributed by atoms with Crippen molar-refractivity contribution < 1.29 is 9.18 Å². The molecule has 2 N–H and O–H groups in total. The van der Waals surface area contributed by atoms with Gasteiger partial charge in [0.25, 0.3) is 0 Å². The molecule has 0 aromatic heterocycles. The molecule has 0 aliphatic rings. The van der Waals surface area contributed by atoms with E-state index in [-0.39, 0.29) is 22.5 Å². The van der Waals surface area contributed by atoms with Gasteiger partial charge in [-0.05, 0) is 18.7 Å². The van der Waals surface area contributed by atoms with Crippen molar-refractivity contribution in [2.24, 2.45) is 5.92 Å². The summed E-state index contributed by atoms with van der Waals surface area (Å²) in [5.41, 5.74) is 0.0440. The standard InChI is InChI=1S/C12H16ClFN2O/c1-3-15-7-8(2)12(17)16-11-9(13)5-4-6-10(11)14/h4-6,8,15H,3,7H2,1-2H3,(H,16,17). The molecule has 1 atom stereocenters. The third-order valence-electron chi connectivity index (χ3n) is 2.36. The Morgan fingerprint density at radius 1 is 1.53 bits per heavy atom. The van der Waals surface area contributed by atoms with Crippen LogP contribution in [0.1, 0.15) is 13.8 Å². The Morgan fingerprint density at radius 3 is 2.82 bits per heavy atom. The summed E-state index contributed by atoms with van der Waals surface area (Å²) in [4.78, 5) is 11.7. The van der Waals surface area contributed by atoms with Crippen molar-refractivity contribution in [1.82, 2.24) is 5.32 Å². The van der Waals surface area contributed by atoms with Crippen LogP contribution in [0, 0.1) is 11.7 Å². The average molecular weight is 259 g/mol. The second-order valence-corrected chi connectivity index (χ2v) is 4.20. The van der Waals surface area contributed by atoms with Crippen molar-refractivity contribution in [1.29, 1.82) is 0 Å². The smallest absolute Gasteiger partial charge is 0.228 e. The minimum absolute atomic E-state index is 0.0440. The summed E-state index contributed by atoms with van der Waals surface area (Å²) < 4.78 is 13.4. The van der Waals surface area contributed by atoms with E-state index in [1.54, 1.807) is 6.92 Å². The number of nitrogens with one attached hydrogen (secondary N) is 2. The number of hydrogen-bond acceptors (Lipinski definition) is 2. The van der Waals surface area contributed by atoms with Crippen LogP contribution in [0.4, 0.5) is 10.1 Å². The Balaban J connectivity index is 2.68. The molecule has 94 valence electrons. The molecule has 0 spiro atoms. The summed E-state index contributed by atoms with van der Waals surface area (Å²) in [6, 6.07) is 4.29. The van der Waals surface area contributed by atoms with Gasteiger partial charge in [-0.2, -0.15) is 0 Å². The summed E-state index contributed by atoms with van der Waals surface area (Å²) in [6.07, 6.45) is 0. The summed E-state index contributed by atoms with van der Waals surface area (Å²) >= 11 is 5.81. The van der Waals surface area contributed by atoms with Crippen molar-refractivity contribution in [2.75, 3.05) is 18.4 Å². The topological polar surface area (TPSA) is 41.1 Å².